The molecule has 0 radical (unpaired) electrons. The highest BCUT2D eigenvalue weighted by molar-refractivity contribution is 5.60. The molecule has 1 fully saturated rings. The van der Waals surface area contributed by atoms with Crippen LogP contribution in [0.3, 0.4) is 0 Å². The van der Waals surface area contributed by atoms with E-state index in [1.165, 1.54) is 19.1 Å². The lowest BCUT2D eigenvalue weighted by Crippen LogP contribution is -2.40. The monoisotopic (exact) mass is 196 g/mol. The van der Waals surface area contributed by atoms with Crippen molar-refractivity contribution in [3.8, 4) is 0 Å². The van der Waals surface area contributed by atoms with E-state index in [0.29, 0.717) is 11.8 Å². The van der Waals surface area contributed by atoms with Crippen LogP contribution in [0.4, 0.5) is 0 Å². The van der Waals surface area contributed by atoms with Crippen LogP contribution in [-0.2, 0) is 4.79 Å². The van der Waals surface area contributed by atoms with Crippen LogP contribution >= 0.6 is 0 Å². The molecule has 1 nitrogen and oxygen atoms in total. The molecule has 0 bridgehead atoms. The zero-order valence-electron chi connectivity index (χ0n) is 10.0. The first-order chi connectivity index (χ1) is 6.55. The number of carbonyl (C=O) groups excluding carboxylic acids is 1. The second-order valence-electron chi connectivity index (χ2n) is 5.44. The second kappa shape index (κ2) is 4.46. The highest BCUT2D eigenvalue weighted by Crippen LogP contribution is 2.47. The zero-order chi connectivity index (χ0) is 10.8. The van der Waals surface area contributed by atoms with Gasteiger partial charge in [-0.15, -0.1) is 0 Å². The predicted octanol–water partition coefficient (Wildman–Crippen LogP) is 3.67. The van der Waals surface area contributed by atoms with E-state index in [1.54, 1.807) is 0 Å². The summed E-state index contributed by atoms with van der Waals surface area (Å²) in [7, 11) is 0. The van der Waals surface area contributed by atoms with Gasteiger partial charge in [-0.3, -0.25) is 0 Å². The molecule has 1 aliphatic rings. The Balaban J connectivity index is 2.87. The van der Waals surface area contributed by atoms with Crippen LogP contribution in [0, 0.1) is 23.2 Å². The lowest BCUT2D eigenvalue weighted by atomic mass is 9.59. The van der Waals surface area contributed by atoms with E-state index >= 15 is 0 Å². The van der Waals surface area contributed by atoms with Gasteiger partial charge in [0, 0.05) is 5.41 Å². The maximum absolute atomic E-state index is 11.4. The Morgan fingerprint density at radius 3 is 2.50 bits per heavy atom. The number of hydrogen-bond donors (Lipinski definition) is 0. The molecule has 0 aromatic heterocycles. The van der Waals surface area contributed by atoms with E-state index in [0.717, 1.165) is 18.8 Å². The summed E-state index contributed by atoms with van der Waals surface area (Å²) in [5.41, 5.74) is -0.00810. The molecule has 3 unspecified atom stereocenters. The van der Waals surface area contributed by atoms with Gasteiger partial charge in [0.2, 0.25) is 0 Å². The molecule has 0 aliphatic heterocycles. The molecule has 0 N–H and O–H groups in total. The zero-order valence-corrected chi connectivity index (χ0v) is 10.0. The average molecular weight is 196 g/mol. The molecule has 0 aromatic rings. The largest absolute Gasteiger partial charge is 0.303 e. The summed E-state index contributed by atoms with van der Waals surface area (Å²) in [4.78, 5) is 11.4. The first-order valence-electron chi connectivity index (χ1n) is 6.02. The van der Waals surface area contributed by atoms with Gasteiger partial charge in [0.25, 0.3) is 0 Å². The fraction of sp³-hybridized carbons (Fsp3) is 0.923. The molecule has 3 atom stereocenters. The van der Waals surface area contributed by atoms with Gasteiger partial charge in [0.15, 0.2) is 0 Å². The number of aldehydes is 1. The van der Waals surface area contributed by atoms with E-state index in [-0.39, 0.29) is 5.41 Å². The van der Waals surface area contributed by atoms with Crippen LogP contribution in [0.5, 0.6) is 0 Å². The molecule has 0 spiro atoms. The summed E-state index contributed by atoms with van der Waals surface area (Å²) in [5, 5.41) is 0. The highest BCUT2D eigenvalue weighted by atomic mass is 16.1. The molecule has 0 heterocycles. The predicted molar refractivity (Wildman–Crippen MR) is 60.1 cm³/mol. The molecular weight excluding hydrogens is 172 g/mol. The lowest BCUT2D eigenvalue weighted by Gasteiger charge is -2.44. The standard InChI is InChI=1S/C13H24O/c1-5-13(9-14)8-11(4)6-7-12(13)10(2)3/h9-12H,5-8H2,1-4H3. The summed E-state index contributed by atoms with van der Waals surface area (Å²) in [6, 6.07) is 0. The summed E-state index contributed by atoms with van der Waals surface area (Å²) in [6.45, 7) is 8.97. The van der Waals surface area contributed by atoms with Gasteiger partial charge in [0.05, 0.1) is 0 Å². The molecule has 0 saturated heterocycles. The molecule has 82 valence electrons. The second-order valence-corrected chi connectivity index (χ2v) is 5.44. The Hall–Kier alpha value is -0.330. The normalized spacial score (nSPS) is 38.6. The third kappa shape index (κ3) is 2.02. The Bertz CT molecular complexity index is 197. The Morgan fingerprint density at radius 2 is 2.07 bits per heavy atom. The first-order valence-corrected chi connectivity index (χ1v) is 6.02. The molecule has 14 heavy (non-hydrogen) atoms. The van der Waals surface area contributed by atoms with Crippen LogP contribution in [0.1, 0.15) is 53.4 Å². The Morgan fingerprint density at radius 1 is 1.43 bits per heavy atom. The van der Waals surface area contributed by atoms with Gasteiger partial charge < -0.3 is 4.79 Å². The SMILES string of the molecule is CCC1(C=O)CC(C)CCC1C(C)C. The Labute approximate surface area is 88.3 Å². The van der Waals surface area contributed by atoms with E-state index < -0.39 is 0 Å². The summed E-state index contributed by atoms with van der Waals surface area (Å²) in [6.07, 6.45) is 5.93. The van der Waals surface area contributed by atoms with Crippen molar-refractivity contribution in [2.24, 2.45) is 23.2 Å². The summed E-state index contributed by atoms with van der Waals surface area (Å²) < 4.78 is 0. The van der Waals surface area contributed by atoms with Crippen molar-refractivity contribution in [3.63, 3.8) is 0 Å². The van der Waals surface area contributed by atoms with Gasteiger partial charge in [0.1, 0.15) is 6.29 Å². The van der Waals surface area contributed by atoms with Crippen molar-refractivity contribution in [2.45, 2.75) is 53.4 Å². The molecule has 0 aromatic carbocycles. The summed E-state index contributed by atoms with van der Waals surface area (Å²) in [5.74, 6) is 1.99. The third-order valence-corrected chi connectivity index (χ3v) is 4.14. The van der Waals surface area contributed by atoms with Crippen LogP contribution in [0.2, 0.25) is 0 Å². The van der Waals surface area contributed by atoms with Crippen LogP contribution in [0.25, 0.3) is 0 Å². The minimum Gasteiger partial charge on any atom is -0.303 e. The topological polar surface area (TPSA) is 17.1 Å². The van der Waals surface area contributed by atoms with Crippen molar-refractivity contribution in [3.05, 3.63) is 0 Å². The van der Waals surface area contributed by atoms with Crippen LogP contribution < -0.4 is 0 Å². The molecular formula is C13H24O. The van der Waals surface area contributed by atoms with Gasteiger partial charge >= 0.3 is 0 Å². The van der Waals surface area contributed by atoms with Gasteiger partial charge in [-0.2, -0.15) is 0 Å². The fourth-order valence-corrected chi connectivity index (χ4v) is 3.28. The highest BCUT2D eigenvalue weighted by Gasteiger charge is 2.42. The number of carbonyl (C=O) groups is 1. The van der Waals surface area contributed by atoms with E-state index in [1.807, 2.05) is 0 Å². The molecule has 0 amide bonds. The van der Waals surface area contributed by atoms with Gasteiger partial charge in [-0.05, 0) is 37.0 Å². The number of rotatable bonds is 3. The quantitative estimate of drug-likeness (QED) is 0.629. The van der Waals surface area contributed by atoms with Crippen molar-refractivity contribution >= 4 is 6.29 Å². The molecule has 1 aliphatic carbocycles. The maximum atomic E-state index is 11.4. The van der Waals surface area contributed by atoms with Crippen LogP contribution in [0.15, 0.2) is 0 Å². The molecule has 1 saturated carbocycles. The minimum absolute atomic E-state index is 0.00810. The van der Waals surface area contributed by atoms with Crippen molar-refractivity contribution in [1.29, 1.82) is 0 Å². The fourth-order valence-electron chi connectivity index (χ4n) is 3.28. The van der Waals surface area contributed by atoms with Crippen molar-refractivity contribution < 1.29 is 4.79 Å². The van der Waals surface area contributed by atoms with E-state index in [9.17, 15) is 4.79 Å². The maximum Gasteiger partial charge on any atom is 0.126 e. The van der Waals surface area contributed by atoms with Crippen molar-refractivity contribution in [1.82, 2.24) is 0 Å². The smallest absolute Gasteiger partial charge is 0.126 e. The first kappa shape index (κ1) is 11.7. The lowest BCUT2D eigenvalue weighted by molar-refractivity contribution is -0.124. The van der Waals surface area contributed by atoms with Gasteiger partial charge in [-0.1, -0.05) is 34.1 Å². The third-order valence-electron chi connectivity index (χ3n) is 4.14. The molecule has 1 rings (SSSR count). The van der Waals surface area contributed by atoms with Crippen LogP contribution in [-0.4, -0.2) is 6.29 Å². The van der Waals surface area contributed by atoms with E-state index in [4.69, 9.17) is 0 Å². The minimum atomic E-state index is -0.00810. The number of hydrogen-bond acceptors (Lipinski definition) is 1. The molecule has 1 heteroatoms. The Kier molecular flexibility index (Phi) is 3.74. The van der Waals surface area contributed by atoms with E-state index in [2.05, 4.69) is 27.7 Å². The van der Waals surface area contributed by atoms with Gasteiger partial charge in [-0.25, -0.2) is 0 Å². The van der Waals surface area contributed by atoms with Crippen molar-refractivity contribution in [2.75, 3.05) is 0 Å². The summed E-state index contributed by atoms with van der Waals surface area (Å²) >= 11 is 0. The average Bonchev–Trinajstić information content (AvgIpc) is 2.16.